The van der Waals surface area contributed by atoms with Gasteiger partial charge in [-0.05, 0) is 30.9 Å². The van der Waals surface area contributed by atoms with E-state index in [9.17, 15) is 4.79 Å². The van der Waals surface area contributed by atoms with Crippen LogP contribution in [0.4, 0.5) is 0 Å². The molecule has 1 atom stereocenters. The van der Waals surface area contributed by atoms with Crippen LogP contribution < -0.4 is 0 Å². The van der Waals surface area contributed by atoms with Crippen LogP contribution in [0.3, 0.4) is 0 Å². The predicted molar refractivity (Wildman–Crippen MR) is 97.2 cm³/mol. The number of fused-ring (bicyclic) bond motifs is 1. The van der Waals surface area contributed by atoms with E-state index in [4.69, 9.17) is 4.74 Å². The maximum Gasteiger partial charge on any atom is 0.249 e. The van der Waals surface area contributed by atoms with Crippen molar-refractivity contribution in [1.82, 2.24) is 19.4 Å². The van der Waals surface area contributed by atoms with E-state index in [0.717, 1.165) is 36.1 Å². The fraction of sp³-hybridized carbons (Fsp3) is 0.450. The minimum atomic E-state index is 0.133. The highest BCUT2D eigenvalue weighted by Crippen LogP contribution is 2.30. The standard InChI is InChI=1S/C20H24N4O2/c1-23-14-22-18-11-24(20(25)16-6-2-3-7-16)10-17(19(18)23)13-26-12-15-5-4-8-21-9-15/h4-6,8-9,14,17H,2-3,7,10-13H2,1H3. The highest BCUT2D eigenvalue weighted by Gasteiger charge is 2.32. The van der Waals surface area contributed by atoms with Gasteiger partial charge in [-0.1, -0.05) is 12.1 Å². The van der Waals surface area contributed by atoms with Gasteiger partial charge in [0.1, 0.15) is 0 Å². The number of aryl methyl sites for hydroxylation is 1. The Morgan fingerprint density at radius 1 is 1.42 bits per heavy atom. The van der Waals surface area contributed by atoms with Crippen LogP contribution in [0.15, 0.2) is 42.5 Å². The SMILES string of the molecule is Cn1cnc2c1C(COCc1cccnc1)CN(C(=O)C1=CCCC1)C2. The van der Waals surface area contributed by atoms with Gasteiger partial charge in [-0.25, -0.2) is 4.98 Å². The van der Waals surface area contributed by atoms with Crippen molar-refractivity contribution in [3.63, 3.8) is 0 Å². The van der Waals surface area contributed by atoms with E-state index in [1.165, 1.54) is 5.69 Å². The van der Waals surface area contributed by atoms with Gasteiger partial charge in [0.15, 0.2) is 0 Å². The molecule has 1 aliphatic heterocycles. The lowest BCUT2D eigenvalue weighted by Crippen LogP contribution is -2.40. The van der Waals surface area contributed by atoms with Crippen molar-refractivity contribution in [1.29, 1.82) is 0 Å². The van der Waals surface area contributed by atoms with Crippen molar-refractivity contribution in [2.24, 2.45) is 7.05 Å². The van der Waals surface area contributed by atoms with E-state index in [1.807, 2.05) is 36.6 Å². The molecule has 0 saturated carbocycles. The number of hydrogen-bond donors (Lipinski definition) is 0. The second-order valence-corrected chi connectivity index (χ2v) is 7.07. The first kappa shape index (κ1) is 17.0. The van der Waals surface area contributed by atoms with Gasteiger partial charge in [0.2, 0.25) is 5.91 Å². The zero-order chi connectivity index (χ0) is 17.9. The Hall–Kier alpha value is -2.47. The fourth-order valence-corrected chi connectivity index (χ4v) is 3.89. The molecule has 2 aliphatic rings. The Balaban J connectivity index is 1.47. The second-order valence-electron chi connectivity index (χ2n) is 7.07. The Morgan fingerprint density at radius 3 is 3.12 bits per heavy atom. The summed E-state index contributed by atoms with van der Waals surface area (Å²) in [6.45, 7) is 2.35. The van der Waals surface area contributed by atoms with E-state index < -0.39 is 0 Å². The molecule has 3 heterocycles. The van der Waals surface area contributed by atoms with Crippen molar-refractivity contribution in [2.45, 2.75) is 38.3 Å². The van der Waals surface area contributed by atoms with E-state index in [1.54, 1.807) is 6.20 Å². The summed E-state index contributed by atoms with van der Waals surface area (Å²) in [6, 6.07) is 3.92. The molecule has 6 heteroatoms. The molecule has 0 saturated heterocycles. The highest BCUT2D eigenvalue weighted by atomic mass is 16.5. The largest absolute Gasteiger partial charge is 0.376 e. The van der Waals surface area contributed by atoms with Gasteiger partial charge >= 0.3 is 0 Å². The third-order valence-electron chi connectivity index (χ3n) is 5.14. The quantitative estimate of drug-likeness (QED) is 0.830. The smallest absolute Gasteiger partial charge is 0.249 e. The monoisotopic (exact) mass is 352 g/mol. The normalized spacial score (nSPS) is 19.3. The fourth-order valence-electron chi connectivity index (χ4n) is 3.89. The third kappa shape index (κ3) is 3.42. The number of rotatable bonds is 5. The van der Waals surface area contributed by atoms with Gasteiger partial charge < -0.3 is 14.2 Å². The molecule has 6 nitrogen and oxygen atoms in total. The van der Waals surface area contributed by atoms with Crippen molar-refractivity contribution < 1.29 is 9.53 Å². The lowest BCUT2D eigenvalue weighted by molar-refractivity contribution is -0.128. The summed E-state index contributed by atoms with van der Waals surface area (Å²) in [7, 11) is 2.01. The minimum absolute atomic E-state index is 0.133. The molecular weight excluding hydrogens is 328 g/mol. The average Bonchev–Trinajstić information content (AvgIpc) is 3.32. The summed E-state index contributed by atoms with van der Waals surface area (Å²) in [5.74, 6) is 0.296. The summed E-state index contributed by atoms with van der Waals surface area (Å²) in [5, 5.41) is 0. The van der Waals surface area contributed by atoms with Crippen LogP contribution in [0.5, 0.6) is 0 Å². The number of hydrogen-bond acceptors (Lipinski definition) is 4. The molecule has 26 heavy (non-hydrogen) atoms. The first-order valence-corrected chi connectivity index (χ1v) is 9.17. The van der Waals surface area contributed by atoms with E-state index >= 15 is 0 Å². The summed E-state index contributed by atoms with van der Waals surface area (Å²) < 4.78 is 8.02. The summed E-state index contributed by atoms with van der Waals surface area (Å²) in [6.07, 6.45) is 10.5. The molecule has 0 bridgehead atoms. The maximum absolute atomic E-state index is 12.8. The zero-order valence-electron chi connectivity index (χ0n) is 15.1. The average molecular weight is 352 g/mol. The number of nitrogens with zero attached hydrogens (tertiary/aromatic N) is 4. The summed E-state index contributed by atoms with van der Waals surface area (Å²) in [5.41, 5.74) is 4.18. The maximum atomic E-state index is 12.8. The molecule has 2 aromatic heterocycles. The van der Waals surface area contributed by atoms with Crippen molar-refractivity contribution in [2.75, 3.05) is 13.2 Å². The number of carbonyl (C=O) groups is 1. The van der Waals surface area contributed by atoms with Gasteiger partial charge in [-0.15, -0.1) is 0 Å². The molecule has 136 valence electrons. The molecule has 0 N–H and O–H groups in total. The molecular formula is C20H24N4O2. The predicted octanol–water partition coefficient (Wildman–Crippen LogP) is 2.57. The minimum Gasteiger partial charge on any atom is -0.376 e. The van der Waals surface area contributed by atoms with Gasteiger partial charge in [0.05, 0.1) is 31.8 Å². The van der Waals surface area contributed by atoms with Crippen molar-refractivity contribution >= 4 is 5.91 Å². The number of pyridine rings is 1. The van der Waals surface area contributed by atoms with Gasteiger partial charge in [0, 0.05) is 43.2 Å². The molecule has 1 aliphatic carbocycles. The zero-order valence-corrected chi connectivity index (χ0v) is 15.1. The van der Waals surface area contributed by atoms with Crippen LogP contribution in [-0.4, -0.2) is 38.5 Å². The molecule has 0 spiro atoms. The van der Waals surface area contributed by atoms with E-state index in [2.05, 4.69) is 20.6 Å². The number of carbonyl (C=O) groups excluding carboxylic acids is 1. The van der Waals surface area contributed by atoms with Gasteiger partial charge in [-0.3, -0.25) is 9.78 Å². The third-order valence-corrected chi connectivity index (χ3v) is 5.14. The molecule has 1 amide bonds. The topological polar surface area (TPSA) is 60.2 Å². The lowest BCUT2D eigenvalue weighted by atomic mass is 9.98. The van der Waals surface area contributed by atoms with Crippen LogP contribution >= 0.6 is 0 Å². The van der Waals surface area contributed by atoms with E-state index in [-0.39, 0.29) is 11.8 Å². The molecule has 0 fully saturated rings. The first-order valence-electron chi connectivity index (χ1n) is 9.17. The second kappa shape index (κ2) is 7.41. The number of amides is 1. The Labute approximate surface area is 153 Å². The van der Waals surface area contributed by atoms with Crippen LogP contribution in [0.1, 0.15) is 42.1 Å². The molecule has 0 radical (unpaired) electrons. The molecule has 2 aromatic rings. The first-order chi connectivity index (χ1) is 12.7. The van der Waals surface area contributed by atoms with E-state index in [0.29, 0.717) is 26.3 Å². The van der Waals surface area contributed by atoms with Crippen molar-refractivity contribution in [3.05, 3.63) is 59.5 Å². The highest BCUT2D eigenvalue weighted by molar-refractivity contribution is 5.94. The number of ether oxygens (including phenoxy) is 1. The van der Waals surface area contributed by atoms with Gasteiger partial charge in [0.25, 0.3) is 0 Å². The molecule has 0 aromatic carbocycles. The van der Waals surface area contributed by atoms with Crippen LogP contribution in [-0.2, 0) is 29.7 Å². The van der Waals surface area contributed by atoms with Crippen molar-refractivity contribution in [3.8, 4) is 0 Å². The van der Waals surface area contributed by atoms with Crippen LogP contribution in [0.2, 0.25) is 0 Å². The van der Waals surface area contributed by atoms with Crippen LogP contribution in [0.25, 0.3) is 0 Å². The molecule has 1 unspecified atom stereocenters. The number of allylic oxidation sites excluding steroid dienone is 1. The summed E-state index contributed by atoms with van der Waals surface area (Å²) in [4.78, 5) is 23.4. The van der Waals surface area contributed by atoms with Crippen LogP contribution in [0, 0.1) is 0 Å². The lowest BCUT2D eigenvalue weighted by Gasteiger charge is -2.33. The summed E-state index contributed by atoms with van der Waals surface area (Å²) >= 11 is 0. The Kier molecular flexibility index (Phi) is 4.84. The Bertz CT molecular complexity index is 812. The number of aromatic nitrogens is 3. The van der Waals surface area contributed by atoms with Gasteiger partial charge in [-0.2, -0.15) is 0 Å². The molecule has 4 rings (SSSR count). The number of imidazole rings is 1. The Morgan fingerprint density at radius 2 is 2.35 bits per heavy atom.